The smallest absolute Gasteiger partial charge is 0.235 e. The van der Waals surface area contributed by atoms with Gasteiger partial charge in [0.25, 0.3) is 0 Å². The molecule has 0 spiro atoms. The van der Waals surface area contributed by atoms with Crippen LogP contribution >= 0.6 is 11.3 Å². The van der Waals surface area contributed by atoms with E-state index in [1.54, 1.807) is 0 Å². The van der Waals surface area contributed by atoms with Crippen molar-refractivity contribution in [3.8, 4) is 28.3 Å². The van der Waals surface area contributed by atoms with E-state index in [4.69, 9.17) is 9.97 Å². The average molecular weight is 744 g/mol. The Morgan fingerprint density at radius 3 is 1.86 bits per heavy atom. The van der Waals surface area contributed by atoms with E-state index >= 15 is 0 Å². The first-order valence-corrected chi connectivity index (χ1v) is 20.5. The molecule has 3 aromatic heterocycles. The molecule has 0 saturated heterocycles. The number of hydrogen-bond donors (Lipinski definition) is 0. The van der Waals surface area contributed by atoms with Gasteiger partial charge in [-0.15, -0.1) is 11.3 Å². The van der Waals surface area contributed by atoms with E-state index < -0.39 is 0 Å². The van der Waals surface area contributed by atoms with Crippen LogP contribution in [0.4, 0.5) is 0 Å². The number of thiophene rings is 1. The van der Waals surface area contributed by atoms with Crippen molar-refractivity contribution < 1.29 is 0 Å². The lowest BCUT2D eigenvalue weighted by Crippen LogP contribution is -2.18. The first-order chi connectivity index (χ1) is 28.1. The molecule has 0 atom stereocenters. The molecule has 1 aliphatic rings. The first-order valence-electron chi connectivity index (χ1n) is 19.7. The molecule has 0 N–H and O–H groups in total. The zero-order valence-electron chi connectivity index (χ0n) is 31.3. The molecule has 1 aliphatic carbocycles. The van der Waals surface area contributed by atoms with Gasteiger partial charge >= 0.3 is 0 Å². The van der Waals surface area contributed by atoms with Gasteiger partial charge in [0.15, 0.2) is 0 Å². The third-order valence-electron chi connectivity index (χ3n) is 12.7. The summed E-state index contributed by atoms with van der Waals surface area (Å²) < 4.78 is 4.91. The van der Waals surface area contributed by atoms with E-state index in [9.17, 15) is 0 Å². The fourth-order valence-electron chi connectivity index (χ4n) is 10.3. The molecule has 0 radical (unpaired) electrons. The highest BCUT2D eigenvalue weighted by molar-refractivity contribution is 7.25. The third kappa shape index (κ3) is 4.05. The zero-order valence-corrected chi connectivity index (χ0v) is 32.2. The summed E-state index contributed by atoms with van der Waals surface area (Å²) in [5, 5.41) is 15.0. The van der Waals surface area contributed by atoms with Gasteiger partial charge in [-0.2, -0.15) is 0 Å². The minimum absolute atomic E-state index is 0.337. The molecule has 0 amide bonds. The number of nitrogens with zero attached hydrogens (tertiary/aromatic N) is 3. The minimum Gasteiger partial charge on any atom is -0.278 e. The summed E-state index contributed by atoms with van der Waals surface area (Å²) in [5.41, 5.74) is 8.70. The normalized spacial score (nSPS) is 13.6. The Balaban J connectivity index is 1.24. The Kier molecular flexibility index (Phi) is 6.12. The van der Waals surface area contributed by atoms with Crippen LogP contribution in [0.2, 0.25) is 0 Å². The Morgan fingerprint density at radius 2 is 1.04 bits per heavy atom. The summed E-state index contributed by atoms with van der Waals surface area (Å²) in [7, 11) is 0. The van der Waals surface area contributed by atoms with Crippen LogP contribution in [-0.2, 0) is 5.41 Å². The summed E-state index contributed by atoms with van der Waals surface area (Å²) in [4.78, 5) is 11.5. The van der Waals surface area contributed by atoms with Crippen molar-refractivity contribution in [3.05, 3.63) is 175 Å². The number of fused-ring (bicyclic) bond motifs is 18. The van der Waals surface area contributed by atoms with Gasteiger partial charge in [-0.25, -0.2) is 9.97 Å². The summed E-state index contributed by atoms with van der Waals surface area (Å²) in [6.45, 7) is 4.64. The average Bonchev–Trinajstić information content (AvgIpc) is 3.89. The molecule has 0 unspecified atom stereocenters. The molecule has 9 aromatic carbocycles. The lowest BCUT2D eigenvalue weighted by Gasteiger charge is -2.21. The van der Waals surface area contributed by atoms with E-state index in [2.05, 4.69) is 182 Å². The number of hydrogen-bond acceptors (Lipinski definition) is 3. The molecule has 13 rings (SSSR count). The van der Waals surface area contributed by atoms with E-state index in [0.717, 1.165) is 33.5 Å². The molecule has 3 heterocycles. The zero-order chi connectivity index (χ0) is 37.6. The second-order valence-electron chi connectivity index (χ2n) is 16.0. The summed E-state index contributed by atoms with van der Waals surface area (Å²) >= 11 is 1.85. The fourth-order valence-corrected chi connectivity index (χ4v) is 11.4. The van der Waals surface area contributed by atoms with Gasteiger partial charge in [0.2, 0.25) is 5.95 Å². The van der Waals surface area contributed by atoms with Gasteiger partial charge in [-0.3, -0.25) is 4.57 Å². The maximum atomic E-state index is 5.79. The lowest BCUT2D eigenvalue weighted by molar-refractivity contribution is 0.632. The predicted molar refractivity (Wildman–Crippen MR) is 242 cm³/mol. The largest absolute Gasteiger partial charge is 0.278 e. The van der Waals surface area contributed by atoms with Crippen molar-refractivity contribution in [3.63, 3.8) is 0 Å². The van der Waals surface area contributed by atoms with Gasteiger partial charge < -0.3 is 0 Å². The molecule has 57 heavy (non-hydrogen) atoms. The van der Waals surface area contributed by atoms with E-state index in [-0.39, 0.29) is 5.41 Å². The van der Waals surface area contributed by atoms with Crippen LogP contribution < -0.4 is 0 Å². The fraction of sp³-hybridized carbons (Fsp3) is 0.0566. The van der Waals surface area contributed by atoms with Gasteiger partial charge in [0, 0.05) is 52.9 Å². The second kappa shape index (κ2) is 11.1. The molecule has 0 bridgehead atoms. The van der Waals surface area contributed by atoms with Gasteiger partial charge in [0.1, 0.15) is 0 Å². The molecular weight excluding hydrogens is 711 g/mol. The van der Waals surface area contributed by atoms with Crippen LogP contribution in [0.15, 0.2) is 164 Å². The topological polar surface area (TPSA) is 30.7 Å². The third-order valence-corrected chi connectivity index (χ3v) is 13.9. The Hall–Kier alpha value is -6.88. The maximum absolute atomic E-state index is 5.79. The molecule has 4 heteroatoms. The first kappa shape index (κ1) is 31.3. The minimum atomic E-state index is -0.337. The van der Waals surface area contributed by atoms with Crippen molar-refractivity contribution in [2.75, 3.05) is 0 Å². The Labute approximate surface area is 332 Å². The van der Waals surface area contributed by atoms with Gasteiger partial charge in [-0.05, 0) is 73.1 Å². The van der Waals surface area contributed by atoms with Crippen LogP contribution in [0, 0.1) is 0 Å². The van der Waals surface area contributed by atoms with Crippen molar-refractivity contribution in [2.45, 2.75) is 19.3 Å². The van der Waals surface area contributed by atoms with E-state index in [1.165, 1.54) is 85.2 Å². The predicted octanol–water partition coefficient (Wildman–Crippen LogP) is 14.5. The standard InChI is InChI=1S/C53H33N3S/c1-53(2)40-23-11-9-20-37(40)48-50(39-22-13-25-44-45(39)38-21-10-12-24-43(38)57-44)54-52(55-51(48)53)56-41-28-26-30-14-3-4-15-31(30)47(41)49-42(56)29-27-36-34-18-6-5-16-32(34)33-17-7-8-19-35(33)46(36)49/h3-29H,1-2H3. The van der Waals surface area contributed by atoms with Crippen molar-refractivity contribution in [1.82, 2.24) is 14.5 Å². The van der Waals surface area contributed by atoms with Crippen molar-refractivity contribution >= 4 is 96.4 Å². The molecule has 0 saturated carbocycles. The number of rotatable bonds is 2. The number of benzene rings is 9. The highest BCUT2D eigenvalue weighted by Crippen LogP contribution is 2.53. The van der Waals surface area contributed by atoms with Crippen LogP contribution in [0.25, 0.3) is 113 Å². The lowest BCUT2D eigenvalue weighted by atomic mass is 9.85. The molecule has 3 nitrogen and oxygen atoms in total. The quantitative estimate of drug-likeness (QED) is 0.165. The molecular formula is C53H33N3S. The van der Waals surface area contributed by atoms with Crippen LogP contribution in [0.1, 0.15) is 25.1 Å². The summed E-state index contributed by atoms with van der Waals surface area (Å²) in [5.74, 6) is 0.695. The van der Waals surface area contributed by atoms with E-state index in [1.807, 2.05) is 11.3 Å². The van der Waals surface area contributed by atoms with Crippen molar-refractivity contribution in [1.29, 1.82) is 0 Å². The van der Waals surface area contributed by atoms with Gasteiger partial charge in [-0.1, -0.05) is 153 Å². The Bertz CT molecular complexity index is 3700. The Morgan fingerprint density at radius 1 is 0.439 bits per heavy atom. The summed E-state index contributed by atoms with van der Waals surface area (Å²) in [6.07, 6.45) is 0. The number of aromatic nitrogens is 3. The molecule has 266 valence electrons. The van der Waals surface area contributed by atoms with Gasteiger partial charge in [0.05, 0.1) is 22.4 Å². The van der Waals surface area contributed by atoms with Crippen molar-refractivity contribution in [2.24, 2.45) is 0 Å². The van der Waals surface area contributed by atoms with Crippen LogP contribution in [0.5, 0.6) is 0 Å². The summed E-state index contributed by atoms with van der Waals surface area (Å²) in [6, 6.07) is 60.1. The monoisotopic (exact) mass is 743 g/mol. The SMILES string of the molecule is CC1(C)c2ccccc2-c2c(-c3cccc4sc5ccccc5c34)nc(-n3c4ccc5ccccc5c4c4c5c6ccccc6c6ccccc6c5ccc43)nc21. The molecule has 0 fully saturated rings. The van der Waals surface area contributed by atoms with Crippen LogP contribution in [0.3, 0.4) is 0 Å². The maximum Gasteiger partial charge on any atom is 0.235 e. The highest BCUT2D eigenvalue weighted by atomic mass is 32.1. The second-order valence-corrected chi connectivity index (χ2v) is 17.1. The molecule has 12 aromatic rings. The highest BCUT2D eigenvalue weighted by Gasteiger charge is 2.40. The van der Waals surface area contributed by atoms with E-state index in [0.29, 0.717) is 5.95 Å². The molecule has 0 aliphatic heterocycles. The van der Waals surface area contributed by atoms with Crippen LogP contribution in [-0.4, -0.2) is 14.5 Å².